The lowest BCUT2D eigenvalue weighted by Crippen LogP contribution is -2.30. The van der Waals surface area contributed by atoms with Crippen LogP contribution >= 0.6 is 11.3 Å². The van der Waals surface area contributed by atoms with Crippen LogP contribution in [-0.2, 0) is 11.2 Å². The van der Waals surface area contributed by atoms with Crippen LogP contribution in [0, 0.1) is 12.7 Å². The van der Waals surface area contributed by atoms with Crippen LogP contribution in [0.2, 0.25) is 0 Å². The summed E-state index contributed by atoms with van der Waals surface area (Å²) in [7, 11) is 1.81. The van der Waals surface area contributed by atoms with Crippen molar-refractivity contribution in [1.82, 2.24) is 24.6 Å². The van der Waals surface area contributed by atoms with E-state index in [1.807, 2.05) is 45.2 Å². The fourth-order valence-corrected chi connectivity index (χ4v) is 4.32. The van der Waals surface area contributed by atoms with Crippen molar-refractivity contribution in [3.05, 3.63) is 82.5 Å². The molecule has 31 heavy (non-hydrogen) atoms. The minimum absolute atomic E-state index is 0.000126. The lowest BCUT2D eigenvalue weighted by atomic mass is 10.1. The van der Waals surface area contributed by atoms with Gasteiger partial charge in [0.2, 0.25) is 5.91 Å². The molecule has 158 valence electrons. The van der Waals surface area contributed by atoms with Gasteiger partial charge in [0.25, 0.3) is 0 Å². The zero-order chi connectivity index (χ0) is 22.0. The third-order valence-corrected chi connectivity index (χ3v) is 6.24. The summed E-state index contributed by atoms with van der Waals surface area (Å²) in [6.45, 7) is 3.91. The van der Waals surface area contributed by atoms with Crippen LogP contribution in [0.15, 0.2) is 61.2 Å². The lowest BCUT2D eigenvalue weighted by Gasteiger charge is -2.25. The topological polar surface area (TPSA) is 63.9 Å². The first-order chi connectivity index (χ1) is 14.9. The molecule has 0 aliphatic rings. The number of thiazole rings is 1. The summed E-state index contributed by atoms with van der Waals surface area (Å²) in [6, 6.07) is 14.0. The quantitative estimate of drug-likeness (QED) is 0.444. The van der Waals surface area contributed by atoms with Gasteiger partial charge < -0.3 is 4.90 Å². The number of hydrogen-bond donors (Lipinski definition) is 0. The summed E-state index contributed by atoms with van der Waals surface area (Å²) in [5.74, 6) is -0.295. The molecule has 2 aromatic heterocycles. The van der Waals surface area contributed by atoms with Crippen LogP contribution in [-0.4, -0.2) is 37.6 Å². The number of carbonyl (C=O) groups excluding carboxylic acids is 1. The maximum atomic E-state index is 13.3. The first kappa shape index (κ1) is 20.9. The summed E-state index contributed by atoms with van der Waals surface area (Å²) in [5, 5.41) is 5.00. The van der Waals surface area contributed by atoms with E-state index in [2.05, 4.69) is 15.1 Å². The second-order valence-electron chi connectivity index (χ2n) is 7.30. The molecule has 0 saturated carbocycles. The third kappa shape index (κ3) is 4.54. The predicted octanol–water partition coefficient (Wildman–Crippen LogP) is 4.60. The average Bonchev–Trinajstić information content (AvgIpc) is 3.43. The number of amides is 1. The Morgan fingerprint density at radius 1 is 1.16 bits per heavy atom. The van der Waals surface area contributed by atoms with Gasteiger partial charge in [-0.3, -0.25) is 4.79 Å². The number of carbonyl (C=O) groups is 1. The zero-order valence-electron chi connectivity index (χ0n) is 17.5. The van der Waals surface area contributed by atoms with Crippen LogP contribution in [0.25, 0.3) is 16.9 Å². The Labute approximate surface area is 184 Å². The number of likely N-dealkylation sites (N-methyl/N-ethyl adjacent to an activating group) is 1. The molecule has 8 heteroatoms. The Morgan fingerprint density at radius 3 is 2.52 bits per heavy atom. The van der Waals surface area contributed by atoms with Gasteiger partial charge in [-0.25, -0.2) is 19.0 Å². The van der Waals surface area contributed by atoms with Crippen molar-refractivity contribution in [3.63, 3.8) is 0 Å². The number of aromatic nitrogens is 4. The summed E-state index contributed by atoms with van der Waals surface area (Å²) in [5.41, 5.74) is 3.49. The van der Waals surface area contributed by atoms with Crippen LogP contribution < -0.4 is 0 Å². The molecular weight excluding hydrogens is 413 g/mol. The van der Waals surface area contributed by atoms with E-state index >= 15 is 0 Å². The number of halogens is 1. The van der Waals surface area contributed by atoms with E-state index in [1.54, 1.807) is 28.0 Å². The van der Waals surface area contributed by atoms with Crippen molar-refractivity contribution < 1.29 is 9.18 Å². The van der Waals surface area contributed by atoms with Gasteiger partial charge in [0.1, 0.15) is 18.5 Å². The highest BCUT2D eigenvalue weighted by molar-refractivity contribution is 7.12. The minimum Gasteiger partial charge on any atom is -0.339 e. The van der Waals surface area contributed by atoms with Gasteiger partial charge in [-0.15, -0.1) is 11.3 Å². The molecule has 0 N–H and O–H groups in total. The molecule has 0 saturated heterocycles. The summed E-state index contributed by atoms with van der Waals surface area (Å²) in [4.78, 5) is 24.2. The van der Waals surface area contributed by atoms with Crippen LogP contribution in [0.3, 0.4) is 0 Å². The van der Waals surface area contributed by atoms with Crippen LogP contribution in [0.1, 0.15) is 28.4 Å². The van der Waals surface area contributed by atoms with Gasteiger partial charge in [0.15, 0.2) is 0 Å². The summed E-state index contributed by atoms with van der Waals surface area (Å²) < 4.78 is 15.0. The fourth-order valence-electron chi connectivity index (χ4n) is 3.37. The number of benzene rings is 2. The summed E-state index contributed by atoms with van der Waals surface area (Å²) >= 11 is 1.50. The molecule has 0 spiro atoms. The van der Waals surface area contributed by atoms with Crippen LogP contribution in [0.5, 0.6) is 0 Å². The van der Waals surface area contributed by atoms with E-state index in [1.165, 1.54) is 29.8 Å². The molecule has 0 bridgehead atoms. The molecule has 0 fully saturated rings. The van der Waals surface area contributed by atoms with Gasteiger partial charge in [-0.05, 0) is 55.8 Å². The highest BCUT2D eigenvalue weighted by Gasteiger charge is 2.21. The number of hydrogen-bond acceptors (Lipinski definition) is 5. The molecule has 1 unspecified atom stereocenters. The largest absolute Gasteiger partial charge is 0.339 e. The molecule has 6 nitrogen and oxygen atoms in total. The molecule has 4 rings (SSSR count). The zero-order valence-corrected chi connectivity index (χ0v) is 18.3. The van der Waals surface area contributed by atoms with Crippen molar-refractivity contribution >= 4 is 17.2 Å². The van der Waals surface area contributed by atoms with Crippen molar-refractivity contribution in [2.24, 2.45) is 0 Å². The maximum Gasteiger partial charge on any atom is 0.228 e. The number of aryl methyl sites for hydroxylation is 1. The Kier molecular flexibility index (Phi) is 5.90. The number of rotatable bonds is 6. The third-order valence-electron chi connectivity index (χ3n) is 5.27. The lowest BCUT2D eigenvalue weighted by molar-refractivity contribution is -0.131. The monoisotopic (exact) mass is 435 g/mol. The molecule has 2 aromatic carbocycles. The fraction of sp³-hybridized carbons (Fsp3) is 0.217. The molecule has 1 atom stereocenters. The summed E-state index contributed by atoms with van der Waals surface area (Å²) in [6.07, 6.45) is 3.38. The van der Waals surface area contributed by atoms with E-state index < -0.39 is 0 Å². The average molecular weight is 436 g/mol. The predicted molar refractivity (Wildman–Crippen MR) is 118 cm³/mol. The molecule has 0 radical (unpaired) electrons. The standard InChI is InChI=1S/C23H22FN5OS/c1-15(17-6-10-20(11-7-17)29-14-25-13-26-29)28(3)22(30)12-21-23(27-16(2)31-21)18-4-8-19(24)9-5-18/h4-11,13-15H,12H2,1-3H3. The Hall–Kier alpha value is -3.39. The molecule has 0 aliphatic heterocycles. The first-order valence-corrected chi connectivity index (χ1v) is 10.7. The minimum atomic E-state index is -0.295. The molecule has 0 aliphatic carbocycles. The molecule has 4 aromatic rings. The molecule has 1 amide bonds. The highest BCUT2D eigenvalue weighted by atomic mass is 32.1. The van der Waals surface area contributed by atoms with E-state index in [4.69, 9.17) is 0 Å². The van der Waals surface area contributed by atoms with Crippen molar-refractivity contribution in [2.75, 3.05) is 7.05 Å². The van der Waals surface area contributed by atoms with Gasteiger partial charge in [-0.2, -0.15) is 5.10 Å². The normalized spacial score (nSPS) is 12.0. The van der Waals surface area contributed by atoms with Crippen molar-refractivity contribution in [2.45, 2.75) is 26.3 Å². The Bertz CT molecular complexity index is 1170. The smallest absolute Gasteiger partial charge is 0.228 e. The number of nitrogens with zero attached hydrogens (tertiary/aromatic N) is 5. The van der Waals surface area contributed by atoms with Gasteiger partial charge in [-0.1, -0.05) is 12.1 Å². The Balaban J connectivity index is 1.49. The maximum absolute atomic E-state index is 13.3. The van der Waals surface area contributed by atoms with Crippen LogP contribution in [0.4, 0.5) is 4.39 Å². The second kappa shape index (κ2) is 8.77. The highest BCUT2D eigenvalue weighted by Crippen LogP contribution is 2.30. The van der Waals surface area contributed by atoms with E-state index in [0.717, 1.165) is 32.4 Å². The molecular formula is C23H22FN5OS. The SMILES string of the molecule is Cc1nc(-c2ccc(F)cc2)c(CC(=O)N(C)C(C)c2ccc(-n3cncn3)cc2)s1. The van der Waals surface area contributed by atoms with Crippen molar-refractivity contribution in [3.8, 4) is 16.9 Å². The van der Waals surface area contributed by atoms with Crippen molar-refractivity contribution in [1.29, 1.82) is 0 Å². The van der Waals surface area contributed by atoms with E-state index in [9.17, 15) is 9.18 Å². The van der Waals surface area contributed by atoms with E-state index in [-0.39, 0.29) is 24.2 Å². The Morgan fingerprint density at radius 2 is 1.87 bits per heavy atom. The van der Waals surface area contributed by atoms with Gasteiger partial charge >= 0.3 is 0 Å². The van der Waals surface area contributed by atoms with Gasteiger partial charge in [0.05, 0.1) is 28.9 Å². The van der Waals surface area contributed by atoms with Gasteiger partial charge in [0, 0.05) is 17.5 Å². The molecule has 2 heterocycles. The second-order valence-corrected chi connectivity index (χ2v) is 8.59. The first-order valence-electron chi connectivity index (χ1n) is 9.85. The van der Waals surface area contributed by atoms with E-state index in [0.29, 0.717) is 0 Å².